The highest BCUT2D eigenvalue weighted by Crippen LogP contribution is 2.37. The molecule has 0 aliphatic carbocycles. The maximum absolute atomic E-state index is 14.9. The van der Waals surface area contributed by atoms with Crippen LogP contribution >= 0.6 is 11.6 Å². The predicted octanol–water partition coefficient (Wildman–Crippen LogP) is 4.50. The summed E-state index contributed by atoms with van der Waals surface area (Å²) in [5, 5.41) is 0.515. The van der Waals surface area contributed by atoms with Crippen LogP contribution in [0.2, 0.25) is 5.02 Å². The van der Waals surface area contributed by atoms with E-state index in [-0.39, 0.29) is 17.8 Å². The third-order valence-corrected chi connectivity index (χ3v) is 5.29. The van der Waals surface area contributed by atoms with E-state index < -0.39 is 30.0 Å². The zero-order valence-corrected chi connectivity index (χ0v) is 15.9. The van der Waals surface area contributed by atoms with Crippen LogP contribution in [0.25, 0.3) is 0 Å². The summed E-state index contributed by atoms with van der Waals surface area (Å²) in [5.41, 5.74) is -0.994. The van der Waals surface area contributed by atoms with Gasteiger partial charge in [-0.2, -0.15) is 0 Å². The van der Waals surface area contributed by atoms with Crippen LogP contribution in [-0.2, 0) is 15.9 Å². The minimum absolute atomic E-state index is 0.0605. The highest BCUT2D eigenvalue weighted by atomic mass is 35.5. The number of rotatable bonds is 4. The van der Waals surface area contributed by atoms with E-state index in [0.717, 1.165) is 6.07 Å². The second-order valence-corrected chi connectivity index (χ2v) is 7.65. The molecule has 1 aliphatic rings. The molecule has 1 saturated heterocycles. The fraction of sp³-hybridized carbons (Fsp3) is 0.368. The van der Waals surface area contributed by atoms with Crippen LogP contribution in [-0.4, -0.2) is 18.3 Å². The first-order valence-corrected chi connectivity index (χ1v) is 8.70. The number of ether oxygens (including phenoxy) is 1. The maximum atomic E-state index is 14.9. The Labute approximate surface area is 157 Å². The molecule has 0 aromatic heterocycles. The van der Waals surface area contributed by atoms with Gasteiger partial charge in [0.25, 0.3) is 0 Å². The van der Waals surface area contributed by atoms with Crippen molar-refractivity contribution >= 4 is 24.2 Å². The molecule has 1 aliphatic heterocycles. The van der Waals surface area contributed by atoms with Gasteiger partial charge in [0.1, 0.15) is 12.4 Å². The van der Waals surface area contributed by atoms with E-state index in [1.807, 2.05) is 27.7 Å². The molecule has 7 heteroatoms. The standard InChI is InChI=1S/C19H20BClF2O3/c1-18(2)19(3,4)26-20(25-18)16-14(22)9-10-15(17(16)23)24-11-12-7-5-6-8-13(12)21/h5-10H,11H2,1-4H3. The quantitative estimate of drug-likeness (QED) is 0.731. The average molecular weight is 381 g/mol. The van der Waals surface area contributed by atoms with Gasteiger partial charge >= 0.3 is 7.12 Å². The summed E-state index contributed by atoms with van der Waals surface area (Å²) in [5.74, 6) is -1.67. The highest BCUT2D eigenvalue weighted by Gasteiger charge is 2.53. The fourth-order valence-corrected chi connectivity index (χ4v) is 2.80. The van der Waals surface area contributed by atoms with Crippen LogP contribution in [0.1, 0.15) is 33.3 Å². The van der Waals surface area contributed by atoms with Crippen molar-refractivity contribution in [1.29, 1.82) is 0 Å². The summed E-state index contributed by atoms with van der Waals surface area (Å²) in [4.78, 5) is 0. The van der Waals surface area contributed by atoms with Crippen molar-refractivity contribution in [2.24, 2.45) is 0 Å². The molecular weight excluding hydrogens is 360 g/mol. The minimum atomic E-state index is -1.15. The third kappa shape index (κ3) is 3.46. The van der Waals surface area contributed by atoms with Gasteiger partial charge in [-0.25, -0.2) is 8.78 Å². The Kier molecular flexibility index (Phi) is 5.03. The van der Waals surface area contributed by atoms with E-state index in [1.54, 1.807) is 24.3 Å². The molecule has 138 valence electrons. The van der Waals surface area contributed by atoms with Crippen LogP contribution in [0.4, 0.5) is 8.78 Å². The van der Waals surface area contributed by atoms with E-state index in [2.05, 4.69) is 0 Å². The van der Waals surface area contributed by atoms with Crippen molar-refractivity contribution in [2.45, 2.75) is 45.5 Å². The van der Waals surface area contributed by atoms with Gasteiger partial charge in [0.05, 0.1) is 16.7 Å². The number of halogens is 3. The fourth-order valence-electron chi connectivity index (χ4n) is 2.61. The summed E-state index contributed by atoms with van der Waals surface area (Å²) in [6, 6.07) is 9.49. The molecule has 0 N–H and O–H groups in total. The van der Waals surface area contributed by atoms with E-state index in [4.69, 9.17) is 25.6 Å². The maximum Gasteiger partial charge on any atom is 0.501 e. The highest BCUT2D eigenvalue weighted by molar-refractivity contribution is 6.62. The molecule has 0 atom stereocenters. The largest absolute Gasteiger partial charge is 0.501 e. The lowest BCUT2D eigenvalue weighted by atomic mass is 9.78. The van der Waals surface area contributed by atoms with Crippen molar-refractivity contribution in [1.82, 2.24) is 0 Å². The van der Waals surface area contributed by atoms with Crippen molar-refractivity contribution < 1.29 is 22.8 Å². The van der Waals surface area contributed by atoms with Gasteiger partial charge in [0, 0.05) is 10.6 Å². The Balaban J connectivity index is 1.87. The molecule has 0 amide bonds. The molecule has 0 saturated carbocycles. The minimum Gasteiger partial charge on any atom is -0.486 e. The molecule has 2 aromatic carbocycles. The Morgan fingerprint density at radius 1 is 1.00 bits per heavy atom. The number of benzene rings is 2. The SMILES string of the molecule is CC1(C)OB(c2c(F)ccc(OCc3ccccc3Cl)c2F)OC1(C)C. The Morgan fingerprint density at radius 2 is 1.62 bits per heavy atom. The second-order valence-electron chi connectivity index (χ2n) is 7.24. The molecule has 0 radical (unpaired) electrons. The van der Waals surface area contributed by atoms with Crippen LogP contribution in [0.15, 0.2) is 36.4 Å². The normalized spacial score (nSPS) is 18.2. The lowest BCUT2D eigenvalue weighted by Gasteiger charge is -2.32. The molecule has 3 nitrogen and oxygen atoms in total. The summed E-state index contributed by atoms with van der Waals surface area (Å²) < 4.78 is 46.3. The molecule has 0 spiro atoms. The topological polar surface area (TPSA) is 27.7 Å². The zero-order chi connectivity index (χ0) is 19.1. The lowest BCUT2D eigenvalue weighted by molar-refractivity contribution is 0.00578. The van der Waals surface area contributed by atoms with Crippen LogP contribution < -0.4 is 10.2 Å². The predicted molar refractivity (Wildman–Crippen MR) is 97.9 cm³/mol. The summed E-state index contributed by atoms with van der Waals surface area (Å²) in [6.45, 7) is 7.34. The van der Waals surface area contributed by atoms with Gasteiger partial charge < -0.3 is 14.0 Å². The molecule has 0 unspecified atom stereocenters. The van der Waals surface area contributed by atoms with E-state index in [1.165, 1.54) is 6.07 Å². The van der Waals surface area contributed by atoms with Gasteiger partial charge in [0.2, 0.25) is 0 Å². The molecule has 0 bridgehead atoms. The van der Waals surface area contributed by atoms with Crippen LogP contribution in [0.5, 0.6) is 5.75 Å². The molecule has 1 heterocycles. The second kappa shape index (κ2) is 6.84. The van der Waals surface area contributed by atoms with Gasteiger partial charge in [0.15, 0.2) is 11.6 Å². The number of hydrogen-bond donors (Lipinski definition) is 0. The smallest absolute Gasteiger partial charge is 0.486 e. The number of hydrogen-bond acceptors (Lipinski definition) is 3. The lowest BCUT2D eigenvalue weighted by Crippen LogP contribution is -2.41. The Bertz CT molecular complexity index is 810. The first-order chi connectivity index (χ1) is 12.1. The van der Waals surface area contributed by atoms with Gasteiger partial charge in [-0.05, 0) is 45.9 Å². The monoisotopic (exact) mass is 380 g/mol. The molecule has 26 heavy (non-hydrogen) atoms. The van der Waals surface area contributed by atoms with Crippen LogP contribution in [0, 0.1) is 11.6 Å². The van der Waals surface area contributed by atoms with Crippen molar-refractivity contribution in [2.75, 3.05) is 0 Å². The molecule has 3 rings (SSSR count). The van der Waals surface area contributed by atoms with Crippen LogP contribution in [0.3, 0.4) is 0 Å². The third-order valence-electron chi connectivity index (χ3n) is 4.92. The van der Waals surface area contributed by atoms with Crippen molar-refractivity contribution in [3.63, 3.8) is 0 Å². The summed E-state index contributed by atoms with van der Waals surface area (Å²) >= 11 is 6.08. The van der Waals surface area contributed by atoms with Gasteiger partial charge in [-0.1, -0.05) is 29.8 Å². The van der Waals surface area contributed by atoms with Gasteiger partial charge in [-0.3, -0.25) is 0 Å². The van der Waals surface area contributed by atoms with E-state index in [9.17, 15) is 8.78 Å². The summed E-state index contributed by atoms with van der Waals surface area (Å²) in [6.07, 6.45) is 0. The van der Waals surface area contributed by atoms with Crippen molar-refractivity contribution in [3.8, 4) is 5.75 Å². The van der Waals surface area contributed by atoms with Gasteiger partial charge in [-0.15, -0.1) is 0 Å². The van der Waals surface area contributed by atoms with E-state index >= 15 is 0 Å². The molecule has 2 aromatic rings. The average Bonchev–Trinajstić information content (AvgIpc) is 2.76. The Morgan fingerprint density at radius 3 is 2.23 bits per heavy atom. The van der Waals surface area contributed by atoms with E-state index in [0.29, 0.717) is 10.6 Å². The molecular formula is C19H20BClF2O3. The van der Waals surface area contributed by atoms with Crippen molar-refractivity contribution in [3.05, 3.63) is 58.6 Å². The zero-order valence-electron chi connectivity index (χ0n) is 15.1. The summed E-state index contributed by atoms with van der Waals surface area (Å²) in [7, 11) is -1.15. The molecule has 1 fully saturated rings. The first kappa shape index (κ1) is 19.1. The Hall–Kier alpha value is -1.63. The first-order valence-electron chi connectivity index (χ1n) is 8.32.